The van der Waals surface area contributed by atoms with Gasteiger partial charge in [-0.3, -0.25) is 9.69 Å². The van der Waals surface area contributed by atoms with E-state index in [0.717, 1.165) is 49.4 Å². The fourth-order valence-corrected chi connectivity index (χ4v) is 7.41. The molecule has 3 atom stereocenters. The highest BCUT2D eigenvalue weighted by Crippen LogP contribution is 2.44. The number of aromatic nitrogens is 2. The van der Waals surface area contributed by atoms with Crippen LogP contribution < -0.4 is 16.2 Å². The lowest BCUT2D eigenvalue weighted by Gasteiger charge is -2.45. The fraction of sp³-hybridized carbons (Fsp3) is 0.704. The van der Waals surface area contributed by atoms with Crippen molar-refractivity contribution in [3.05, 3.63) is 34.6 Å². The fourth-order valence-electron chi connectivity index (χ4n) is 7.41. The molecule has 4 aliphatic rings. The first-order valence-corrected chi connectivity index (χ1v) is 13.5. The highest BCUT2D eigenvalue weighted by Gasteiger charge is 2.44. The number of hydrogen-bond donors (Lipinski definition) is 1. The van der Waals surface area contributed by atoms with Gasteiger partial charge in [0.1, 0.15) is 0 Å². The van der Waals surface area contributed by atoms with Crippen molar-refractivity contribution in [2.24, 2.45) is 5.73 Å². The number of piperidine rings is 1. The molecule has 4 fully saturated rings. The molecule has 2 N–H and O–H groups in total. The van der Waals surface area contributed by atoms with Crippen molar-refractivity contribution in [3.63, 3.8) is 0 Å². The van der Waals surface area contributed by atoms with Crippen molar-refractivity contribution in [2.45, 2.75) is 107 Å². The smallest absolute Gasteiger partial charge is 0.294 e. The summed E-state index contributed by atoms with van der Waals surface area (Å²) in [6, 6.07) is 10.6. The quantitative estimate of drug-likeness (QED) is 0.760. The van der Waals surface area contributed by atoms with E-state index in [1.807, 2.05) is 12.1 Å². The van der Waals surface area contributed by atoms with Crippen LogP contribution in [0, 0.1) is 0 Å². The Balaban J connectivity index is 1.33. The van der Waals surface area contributed by atoms with E-state index < -0.39 is 0 Å². The zero-order valence-corrected chi connectivity index (χ0v) is 19.9. The molecule has 0 amide bonds. The van der Waals surface area contributed by atoms with Crippen molar-refractivity contribution in [2.75, 3.05) is 18.0 Å². The molecule has 3 aliphatic heterocycles. The number of para-hydroxylation sites is 2. The average molecular weight is 450 g/mol. The lowest BCUT2D eigenvalue weighted by molar-refractivity contribution is 0.0498. The summed E-state index contributed by atoms with van der Waals surface area (Å²) >= 11 is 0. The van der Waals surface area contributed by atoms with Crippen molar-refractivity contribution < 1.29 is 0 Å². The molecular weight excluding hydrogens is 410 g/mol. The predicted molar refractivity (Wildman–Crippen MR) is 134 cm³/mol. The van der Waals surface area contributed by atoms with Crippen LogP contribution in [-0.4, -0.2) is 51.7 Å². The first kappa shape index (κ1) is 21.6. The van der Waals surface area contributed by atoms with E-state index >= 15 is 0 Å². The highest BCUT2D eigenvalue weighted by atomic mass is 16.1. The Bertz CT molecular complexity index is 1030. The van der Waals surface area contributed by atoms with Gasteiger partial charge in [0, 0.05) is 43.3 Å². The van der Waals surface area contributed by atoms with Crippen LogP contribution in [0.25, 0.3) is 11.0 Å². The van der Waals surface area contributed by atoms with E-state index in [9.17, 15) is 4.79 Å². The number of fused-ring (bicyclic) bond motifs is 3. The third-order valence-electron chi connectivity index (χ3n) is 8.93. The number of nitrogens with two attached hydrogens (primary N) is 1. The molecule has 3 saturated heterocycles. The van der Waals surface area contributed by atoms with Crippen molar-refractivity contribution in [1.29, 1.82) is 0 Å². The molecular formula is C27H39N5O. The van der Waals surface area contributed by atoms with Crippen LogP contribution in [-0.2, 0) is 0 Å². The molecule has 178 valence electrons. The molecule has 2 bridgehead atoms. The summed E-state index contributed by atoms with van der Waals surface area (Å²) in [5.74, 6) is 0.608. The van der Waals surface area contributed by atoms with Crippen LogP contribution in [0.5, 0.6) is 0 Å². The Morgan fingerprint density at radius 2 is 1.52 bits per heavy atom. The van der Waals surface area contributed by atoms with E-state index in [4.69, 9.17) is 10.7 Å². The first-order valence-electron chi connectivity index (χ1n) is 13.5. The third kappa shape index (κ3) is 3.99. The van der Waals surface area contributed by atoms with E-state index in [2.05, 4.69) is 26.5 Å². The van der Waals surface area contributed by atoms with E-state index in [-0.39, 0.29) is 17.6 Å². The maximum absolute atomic E-state index is 13.9. The van der Waals surface area contributed by atoms with Crippen molar-refractivity contribution in [1.82, 2.24) is 14.5 Å². The molecule has 6 nitrogen and oxygen atoms in total. The summed E-state index contributed by atoms with van der Waals surface area (Å²) in [5, 5.41) is 0. The molecule has 6 rings (SSSR count). The van der Waals surface area contributed by atoms with Gasteiger partial charge in [-0.1, -0.05) is 44.2 Å². The Hall–Kier alpha value is -1.92. The third-order valence-corrected chi connectivity index (χ3v) is 8.93. The Kier molecular flexibility index (Phi) is 5.91. The highest BCUT2D eigenvalue weighted by molar-refractivity contribution is 5.76. The maximum Gasteiger partial charge on any atom is 0.294 e. The molecule has 0 spiro atoms. The zero-order chi connectivity index (χ0) is 22.4. The molecule has 0 radical (unpaired) electrons. The van der Waals surface area contributed by atoms with Gasteiger partial charge in [0.15, 0.2) is 5.82 Å². The first-order chi connectivity index (χ1) is 16.2. The van der Waals surface area contributed by atoms with Crippen molar-refractivity contribution >= 4 is 16.9 Å². The second kappa shape index (κ2) is 9.03. The molecule has 1 saturated carbocycles. The summed E-state index contributed by atoms with van der Waals surface area (Å²) in [4.78, 5) is 23.7. The SMILES string of the molecule is NC1CCN(c2nc3ccccc3n(C3CC4CCC(C3)N4C3CCCCCCC3)c2=O)C1. The largest absolute Gasteiger partial charge is 0.350 e. The monoisotopic (exact) mass is 449 g/mol. The molecule has 1 aromatic heterocycles. The number of benzene rings is 1. The van der Waals surface area contributed by atoms with Crippen LogP contribution >= 0.6 is 0 Å². The second-order valence-electron chi connectivity index (χ2n) is 11.1. The van der Waals surface area contributed by atoms with Gasteiger partial charge < -0.3 is 15.2 Å². The number of anilines is 1. The summed E-state index contributed by atoms with van der Waals surface area (Å²) in [5.41, 5.74) is 8.19. The molecule has 3 unspecified atom stereocenters. The summed E-state index contributed by atoms with van der Waals surface area (Å²) in [7, 11) is 0. The topological polar surface area (TPSA) is 67.4 Å². The maximum atomic E-state index is 13.9. The molecule has 4 heterocycles. The minimum Gasteiger partial charge on any atom is -0.350 e. The van der Waals surface area contributed by atoms with Crippen LogP contribution in [0.4, 0.5) is 5.82 Å². The summed E-state index contributed by atoms with van der Waals surface area (Å²) in [6.45, 7) is 1.55. The lowest BCUT2D eigenvalue weighted by Crippen LogP contribution is -2.50. The standard InChI is InChI=1S/C27H39N5O/c28-19-14-15-30(18-19)26-27(33)32(25-11-7-6-10-24(25)29-26)23-16-21-12-13-22(17-23)31(21)20-8-4-2-1-3-5-9-20/h6-7,10-11,19-23H,1-5,8-9,12-18,28H2. The van der Waals surface area contributed by atoms with Gasteiger partial charge in [-0.25, -0.2) is 4.98 Å². The van der Waals surface area contributed by atoms with E-state index in [0.29, 0.717) is 17.9 Å². The number of rotatable bonds is 3. The molecule has 2 aromatic rings. The zero-order valence-electron chi connectivity index (χ0n) is 19.9. The predicted octanol–water partition coefficient (Wildman–Crippen LogP) is 4.21. The Labute approximate surface area is 197 Å². The minimum atomic E-state index is 0.0894. The minimum absolute atomic E-state index is 0.0894. The number of nitrogens with zero attached hydrogens (tertiary/aromatic N) is 4. The van der Waals surface area contributed by atoms with Crippen molar-refractivity contribution in [3.8, 4) is 0 Å². The summed E-state index contributed by atoms with van der Waals surface area (Å²) in [6.07, 6.45) is 15.5. The molecule has 1 aliphatic carbocycles. The Morgan fingerprint density at radius 1 is 0.818 bits per heavy atom. The molecule has 1 aromatic carbocycles. The Morgan fingerprint density at radius 3 is 2.21 bits per heavy atom. The van der Waals surface area contributed by atoms with Gasteiger partial charge in [-0.05, 0) is 57.1 Å². The summed E-state index contributed by atoms with van der Waals surface area (Å²) < 4.78 is 2.13. The van der Waals surface area contributed by atoms with Gasteiger partial charge in [-0.15, -0.1) is 0 Å². The van der Waals surface area contributed by atoms with E-state index in [1.165, 1.54) is 57.8 Å². The average Bonchev–Trinajstić information content (AvgIpc) is 3.33. The van der Waals surface area contributed by atoms with Gasteiger partial charge in [-0.2, -0.15) is 0 Å². The van der Waals surface area contributed by atoms with Crippen LogP contribution in [0.2, 0.25) is 0 Å². The second-order valence-corrected chi connectivity index (χ2v) is 11.1. The lowest BCUT2D eigenvalue weighted by atomic mass is 9.89. The van der Waals surface area contributed by atoms with Gasteiger partial charge in [0.05, 0.1) is 11.0 Å². The van der Waals surface area contributed by atoms with Gasteiger partial charge in [0.2, 0.25) is 0 Å². The van der Waals surface area contributed by atoms with Crippen LogP contribution in [0.1, 0.15) is 83.1 Å². The van der Waals surface area contributed by atoms with Crippen LogP contribution in [0.15, 0.2) is 29.1 Å². The number of hydrogen-bond acceptors (Lipinski definition) is 5. The molecule has 33 heavy (non-hydrogen) atoms. The van der Waals surface area contributed by atoms with Crippen LogP contribution in [0.3, 0.4) is 0 Å². The van der Waals surface area contributed by atoms with E-state index in [1.54, 1.807) is 0 Å². The normalized spacial score (nSPS) is 31.7. The molecule has 6 heteroatoms. The van der Waals surface area contributed by atoms with Gasteiger partial charge >= 0.3 is 0 Å². The van der Waals surface area contributed by atoms with Gasteiger partial charge in [0.25, 0.3) is 5.56 Å².